The molecule has 1 N–H and O–H groups in total. The Morgan fingerprint density at radius 2 is 1.79 bits per heavy atom. The number of anilines is 2. The van der Waals surface area contributed by atoms with Crippen molar-refractivity contribution in [2.24, 2.45) is 0 Å². The van der Waals surface area contributed by atoms with Crippen molar-refractivity contribution < 1.29 is 35.9 Å². The van der Waals surface area contributed by atoms with Crippen molar-refractivity contribution in [1.82, 2.24) is 0 Å². The van der Waals surface area contributed by atoms with Gasteiger partial charge in [-0.2, -0.15) is 26.3 Å². The molecule has 136 valence electrons. The van der Waals surface area contributed by atoms with Crippen LogP contribution in [0.5, 0.6) is 0 Å². The highest BCUT2D eigenvalue weighted by molar-refractivity contribution is 5.95. The summed E-state index contributed by atoms with van der Waals surface area (Å²) < 4.78 is 79.7. The van der Waals surface area contributed by atoms with E-state index in [2.05, 4.69) is 4.74 Å². The first kappa shape index (κ1) is 20.1. The molecule has 0 saturated carbocycles. The number of halogens is 6. The van der Waals surface area contributed by atoms with E-state index in [1.165, 1.54) is 11.0 Å². The molecule has 0 spiro atoms. The molecule has 24 heavy (non-hydrogen) atoms. The highest BCUT2D eigenvalue weighted by Gasteiger charge is 2.35. The van der Waals surface area contributed by atoms with Gasteiger partial charge in [-0.3, -0.25) is 4.79 Å². The van der Waals surface area contributed by atoms with Crippen LogP contribution in [-0.2, 0) is 15.7 Å². The molecule has 0 bridgehead atoms. The zero-order valence-corrected chi connectivity index (χ0v) is 13.0. The number of carbonyl (C=O) groups is 1. The van der Waals surface area contributed by atoms with Gasteiger partial charge in [-0.1, -0.05) is 0 Å². The summed E-state index contributed by atoms with van der Waals surface area (Å²) >= 11 is 0. The Morgan fingerprint density at radius 3 is 2.25 bits per heavy atom. The molecule has 0 fully saturated rings. The predicted octanol–water partition coefficient (Wildman–Crippen LogP) is 3.68. The molecule has 0 aliphatic rings. The molecule has 0 saturated heterocycles. The summed E-state index contributed by atoms with van der Waals surface area (Å²) in [6.07, 6.45) is -11.0. The molecule has 1 aromatic rings. The lowest BCUT2D eigenvalue weighted by molar-refractivity contribution is -0.184. The maximum Gasteiger partial charge on any atom is 0.418 e. The largest absolute Gasteiger partial charge is 0.418 e. The number of ether oxygens (including phenoxy) is 1. The molecule has 1 atom stereocenters. The molecule has 1 amide bonds. The van der Waals surface area contributed by atoms with Crippen LogP contribution in [0, 0.1) is 0 Å². The first-order valence-electron chi connectivity index (χ1n) is 6.69. The number of hydrogen-bond acceptors (Lipinski definition) is 3. The Hall–Kier alpha value is -1.97. The fraction of sp³-hybridized carbons (Fsp3) is 0.500. The van der Waals surface area contributed by atoms with Gasteiger partial charge in [0.25, 0.3) is 5.91 Å². The number of alkyl halides is 6. The van der Waals surface area contributed by atoms with Crippen LogP contribution in [0.3, 0.4) is 0 Å². The molecule has 1 rings (SSSR count). The lowest BCUT2D eigenvalue weighted by atomic mass is 10.1. The second-order valence-electron chi connectivity index (χ2n) is 5.18. The van der Waals surface area contributed by atoms with Gasteiger partial charge in [0, 0.05) is 19.8 Å². The summed E-state index contributed by atoms with van der Waals surface area (Å²) in [4.78, 5) is 13.2. The zero-order chi connectivity index (χ0) is 18.7. The highest BCUT2D eigenvalue weighted by Crippen LogP contribution is 2.37. The van der Waals surface area contributed by atoms with Crippen LogP contribution in [0.1, 0.15) is 12.5 Å². The monoisotopic (exact) mass is 358 g/mol. The van der Waals surface area contributed by atoms with Crippen molar-refractivity contribution in [2.45, 2.75) is 25.4 Å². The summed E-state index contributed by atoms with van der Waals surface area (Å²) in [6.45, 7) is -0.657. The molecule has 0 unspecified atom stereocenters. The molecular weight excluding hydrogens is 342 g/mol. The standard InChI is InChI=1S/C14H16F6N2O2/c1-8(24-7-13(15,16)17)12(23)21-11-5-4-9(22(2)3)6-10(11)14(18,19)20/h4-6,8H,7H2,1-3H3,(H,21,23)/t8-/m1/s1. The van der Waals surface area contributed by atoms with Crippen LogP contribution in [0.25, 0.3) is 0 Å². The average molecular weight is 358 g/mol. The summed E-state index contributed by atoms with van der Waals surface area (Å²) in [5.74, 6) is -1.11. The summed E-state index contributed by atoms with van der Waals surface area (Å²) in [6, 6.07) is 3.20. The fourth-order valence-corrected chi connectivity index (χ4v) is 1.68. The van der Waals surface area contributed by atoms with E-state index in [1.807, 2.05) is 5.32 Å². The highest BCUT2D eigenvalue weighted by atomic mass is 19.4. The van der Waals surface area contributed by atoms with E-state index in [-0.39, 0.29) is 5.69 Å². The van der Waals surface area contributed by atoms with Crippen molar-refractivity contribution in [2.75, 3.05) is 30.9 Å². The van der Waals surface area contributed by atoms with Gasteiger partial charge >= 0.3 is 12.4 Å². The summed E-state index contributed by atoms with van der Waals surface area (Å²) in [5.41, 5.74) is -1.41. The van der Waals surface area contributed by atoms with Gasteiger partial charge in [-0.05, 0) is 25.1 Å². The third-order valence-electron chi connectivity index (χ3n) is 2.95. The van der Waals surface area contributed by atoms with Crippen LogP contribution in [-0.4, -0.2) is 38.9 Å². The Labute approximate surface area is 134 Å². The van der Waals surface area contributed by atoms with Crippen LogP contribution >= 0.6 is 0 Å². The van der Waals surface area contributed by atoms with Gasteiger partial charge in [0.2, 0.25) is 0 Å². The molecule has 0 aliphatic carbocycles. The van der Waals surface area contributed by atoms with E-state index in [0.717, 1.165) is 19.1 Å². The minimum atomic E-state index is -4.75. The zero-order valence-electron chi connectivity index (χ0n) is 13.0. The number of benzene rings is 1. The third-order valence-corrected chi connectivity index (χ3v) is 2.95. The van der Waals surface area contributed by atoms with Gasteiger partial charge in [0.05, 0.1) is 11.3 Å². The molecule has 0 aromatic heterocycles. The molecule has 10 heteroatoms. The maximum absolute atomic E-state index is 13.1. The average Bonchev–Trinajstić information content (AvgIpc) is 2.42. The van der Waals surface area contributed by atoms with E-state index in [1.54, 1.807) is 14.1 Å². The number of hydrogen-bond donors (Lipinski definition) is 1. The Morgan fingerprint density at radius 1 is 1.21 bits per heavy atom. The lowest BCUT2D eigenvalue weighted by Crippen LogP contribution is -2.32. The van der Waals surface area contributed by atoms with E-state index in [4.69, 9.17) is 0 Å². The van der Waals surface area contributed by atoms with Crippen LogP contribution < -0.4 is 10.2 Å². The van der Waals surface area contributed by atoms with Crippen molar-refractivity contribution in [3.8, 4) is 0 Å². The van der Waals surface area contributed by atoms with Gasteiger partial charge in [-0.15, -0.1) is 0 Å². The van der Waals surface area contributed by atoms with Crippen molar-refractivity contribution >= 4 is 17.3 Å². The molecule has 0 aliphatic heterocycles. The van der Waals surface area contributed by atoms with E-state index in [9.17, 15) is 31.1 Å². The second kappa shape index (κ2) is 7.29. The number of nitrogens with one attached hydrogen (secondary N) is 1. The SMILES string of the molecule is C[C@@H](OCC(F)(F)F)C(=O)Nc1ccc(N(C)C)cc1C(F)(F)F. The maximum atomic E-state index is 13.1. The number of amides is 1. The summed E-state index contributed by atoms with van der Waals surface area (Å²) in [7, 11) is 3.08. The first-order chi connectivity index (χ1) is 10.8. The van der Waals surface area contributed by atoms with E-state index in [0.29, 0.717) is 0 Å². The van der Waals surface area contributed by atoms with Crippen molar-refractivity contribution in [3.05, 3.63) is 23.8 Å². The van der Waals surface area contributed by atoms with Gasteiger partial charge in [0.1, 0.15) is 12.7 Å². The normalized spacial score (nSPS) is 13.5. The number of nitrogens with zero attached hydrogens (tertiary/aromatic N) is 1. The predicted molar refractivity (Wildman–Crippen MR) is 75.9 cm³/mol. The van der Waals surface area contributed by atoms with E-state index >= 15 is 0 Å². The van der Waals surface area contributed by atoms with Crippen LogP contribution in [0.15, 0.2) is 18.2 Å². The fourth-order valence-electron chi connectivity index (χ4n) is 1.68. The minimum Gasteiger partial charge on any atom is -0.378 e. The van der Waals surface area contributed by atoms with Gasteiger partial charge in [-0.25, -0.2) is 0 Å². The lowest BCUT2D eigenvalue weighted by Gasteiger charge is -2.20. The number of carbonyl (C=O) groups excluding carboxylic acids is 1. The number of rotatable bonds is 5. The Bertz CT molecular complexity index is 584. The topological polar surface area (TPSA) is 41.6 Å². The third kappa shape index (κ3) is 5.91. The molecule has 0 radical (unpaired) electrons. The van der Waals surface area contributed by atoms with Gasteiger partial charge < -0.3 is 15.0 Å². The Balaban J connectivity index is 2.95. The van der Waals surface area contributed by atoms with Crippen molar-refractivity contribution in [3.63, 3.8) is 0 Å². The van der Waals surface area contributed by atoms with Crippen molar-refractivity contribution in [1.29, 1.82) is 0 Å². The Kier molecular flexibility index (Phi) is 6.09. The van der Waals surface area contributed by atoms with Crippen LogP contribution in [0.2, 0.25) is 0 Å². The quantitative estimate of drug-likeness (QED) is 0.817. The summed E-state index contributed by atoms with van der Waals surface area (Å²) in [5, 5.41) is 1.95. The smallest absolute Gasteiger partial charge is 0.378 e. The van der Waals surface area contributed by atoms with E-state index < -0.39 is 42.2 Å². The van der Waals surface area contributed by atoms with Crippen LogP contribution in [0.4, 0.5) is 37.7 Å². The molecule has 4 nitrogen and oxygen atoms in total. The minimum absolute atomic E-state index is 0.252. The first-order valence-corrected chi connectivity index (χ1v) is 6.69. The van der Waals surface area contributed by atoms with Gasteiger partial charge in [0.15, 0.2) is 0 Å². The molecule has 0 heterocycles. The molecular formula is C14H16F6N2O2. The molecule has 1 aromatic carbocycles. The second-order valence-corrected chi connectivity index (χ2v) is 5.18.